The number of hydrogen-bond acceptors (Lipinski definition) is 4. The molecule has 0 bridgehead atoms. The highest BCUT2D eigenvalue weighted by Crippen LogP contribution is 2.29. The number of aliphatic hydroxyl groups is 1. The van der Waals surface area contributed by atoms with Gasteiger partial charge < -0.3 is 15.7 Å². The predicted octanol–water partition coefficient (Wildman–Crippen LogP) is 1.82. The zero-order chi connectivity index (χ0) is 16.4. The molecule has 0 saturated heterocycles. The first-order valence-corrected chi connectivity index (χ1v) is 8.47. The van der Waals surface area contributed by atoms with E-state index in [0.29, 0.717) is 0 Å². The minimum Gasteiger partial charge on any atom is -0.391 e. The zero-order valence-corrected chi connectivity index (χ0v) is 14.3. The van der Waals surface area contributed by atoms with E-state index in [9.17, 15) is 14.7 Å². The van der Waals surface area contributed by atoms with E-state index in [4.69, 9.17) is 0 Å². The van der Waals surface area contributed by atoms with E-state index >= 15 is 0 Å². The molecule has 3 N–H and O–H groups in total. The van der Waals surface area contributed by atoms with Crippen molar-refractivity contribution in [2.45, 2.75) is 58.7 Å². The van der Waals surface area contributed by atoms with Gasteiger partial charge in [0.15, 0.2) is 0 Å². The average molecular weight is 324 g/mol. The lowest BCUT2D eigenvalue weighted by Gasteiger charge is -2.23. The summed E-state index contributed by atoms with van der Waals surface area (Å²) in [4.78, 5) is 26.6. The van der Waals surface area contributed by atoms with Gasteiger partial charge in [0.05, 0.1) is 12.1 Å². The molecule has 0 aromatic carbocycles. The van der Waals surface area contributed by atoms with Gasteiger partial charge >= 0.3 is 0 Å². The Bertz CT molecular complexity index is 564. The first kappa shape index (κ1) is 17.0. The molecule has 0 spiro atoms. The van der Waals surface area contributed by atoms with Crippen LogP contribution in [0.25, 0.3) is 0 Å². The third-order valence-corrected chi connectivity index (χ3v) is 4.90. The molecule has 1 aliphatic carbocycles. The van der Waals surface area contributed by atoms with Gasteiger partial charge in [0.2, 0.25) is 11.8 Å². The first-order chi connectivity index (χ1) is 10.3. The van der Waals surface area contributed by atoms with Crippen LogP contribution < -0.4 is 10.6 Å². The lowest BCUT2D eigenvalue weighted by atomic mass is 10.1. The molecule has 1 aromatic heterocycles. The van der Waals surface area contributed by atoms with Crippen LogP contribution in [0.1, 0.15) is 48.0 Å². The van der Waals surface area contributed by atoms with Crippen LogP contribution in [-0.4, -0.2) is 29.1 Å². The fourth-order valence-corrected chi connectivity index (χ4v) is 3.51. The molecule has 1 saturated carbocycles. The Labute approximate surface area is 135 Å². The van der Waals surface area contributed by atoms with Crippen LogP contribution >= 0.6 is 11.3 Å². The minimum absolute atomic E-state index is 0.00763. The lowest BCUT2D eigenvalue weighted by Crippen LogP contribution is -2.53. The van der Waals surface area contributed by atoms with Crippen molar-refractivity contribution in [1.82, 2.24) is 10.6 Å². The van der Waals surface area contributed by atoms with Crippen molar-refractivity contribution in [3.8, 4) is 0 Å². The molecule has 3 unspecified atom stereocenters. The van der Waals surface area contributed by atoms with Crippen molar-refractivity contribution in [3.05, 3.63) is 21.4 Å². The summed E-state index contributed by atoms with van der Waals surface area (Å²) in [6, 6.07) is 0.998. The first-order valence-electron chi connectivity index (χ1n) is 7.65. The molecule has 2 rings (SSSR count). The Balaban J connectivity index is 2.00. The molecule has 122 valence electrons. The highest BCUT2D eigenvalue weighted by molar-refractivity contribution is 7.12. The quantitative estimate of drug-likeness (QED) is 0.747. The monoisotopic (exact) mass is 324 g/mol. The summed E-state index contributed by atoms with van der Waals surface area (Å²) >= 11 is 1.69. The number of hydrogen-bond donors (Lipinski definition) is 3. The van der Waals surface area contributed by atoms with Gasteiger partial charge in [-0.2, -0.15) is 0 Å². The molecule has 6 heteroatoms. The van der Waals surface area contributed by atoms with E-state index in [-0.39, 0.29) is 23.8 Å². The van der Waals surface area contributed by atoms with Gasteiger partial charge in [0, 0.05) is 15.7 Å². The van der Waals surface area contributed by atoms with Crippen molar-refractivity contribution in [3.63, 3.8) is 0 Å². The maximum atomic E-state index is 12.4. The Kier molecular flexibility index (Phi) is 5.24. The second kappa shape index (κ2) is 6.79. The summed E-state index contributed by atoms with van der Waals surface area (Å²) in [5.41, 5.74) is 1.08. The SMILES string of the molecule is Cc1cc(C(C)NC(=O)C(NC(=O)C2CC2)C(C)O)c(C)s1. The van der Waals surface area contributed by atoms with Gasteiger partial charge in [0.1, 0.15) is 6.04 Å². The van der Waals surface area contributed by atoms with Crippen molar-refractivity contribution in [2.75, 3.05) is 0 Å². The summed E-state index contributed by atoms with van der Waals surface area (Å²) < 4.78 is 0. The fraction of sp³-hybridized carbons (Fsp3) is 0.625. The molecule has 1 aliphatic rings. The molecule has 0 radical (unpaired) electrons. The van der Waals surface area contributed by atoms with Gasteiger partial charge in [-0.25, -0.2) is 0 Å². The number of aliphatic hydroxyl groups excluding tert-OH is 1. The Hall–Kier alpha value is -1.40. The Morgan fingerprint density at radius 3 is 2.36 bits per heavy atom. The van der Waals surface area contributed by atoms with E-state index < -0.39 is 12.1 Å². The number of amides is 2. The molecule has 1 fully saturated rings. The Morgan fingerprint density at radius 2 is 1.91 bits per heavy atom. The number of rotatable bonds is 6. The molecule has 2 amide bonds. The number of thiophene rings is 1. The van der Waals surface area contributed by atoms with Crippen molar-refractivity contribution < 1.29 is 14.7 Å². The van der Waals surface area contributed by atoms with Gasteiger partial charge in [-0.1, -0.05) is 0 Å². The van der Waals surface area contributed by atoms with Crippen LogP contribution in [-0.2, 0) is 9.59 Å². The van der Waals surface area contributed by atoms with Gasteiger partial charge in [-0.05, 0) is 52.2 Å². The standard InChI is InChI=1S/C16H24N2O3S/c1-8-7-13(11(4)22-8)9(2)17-16(21)14(10(3)19)18-15(20)12-5-6-12/h7,9-10,12,14,19H,5-6H2,1-4H3,(H,17,21)(H,18,20). The van der Waals surface area contributed by atoms with E-state index in [2.05, 4.69) is 16.7 Å². The summed E-state index contributed by atoms with van der Waals surface area (Å²) in [6.45, 7) is 7.48. The third-order valence-electron chi connectivity index (χ3n) is 3.92. The van der Waals surface area contributed by atoms with Crippen LogP contribution in [0.15, 0.2) is 6.07 Å². The van der Waals surface area contributed by atoms with Gasteiger partial charge in [-0.3, -0.25) is 9.59 Å². The number of carbonyl (C=O) groups excluding carboxylic acids is 2. The van der Waals surface area contributed by atoms with Crippen LogP contribution in [0.2, 0.25) is 0 Å². The molecule has 3 atom stereocenters. The van der Waals surface area contributed by atoms with Crippen molar-refractivity contribution in [1.29, 1.82) is 0 Å². The van der Waals surface area contributed by atoms with E-state index in [1.165, 1.54) is 16.7 Å². The molecular formula is C16H24N2O3S. The largest absolute Gasteiger partial charge is 0.391 e. The van der Waals surface area contributed by atoms with Crippen molar-refractivity contribution >= 4 is 23.2 Å². The normalized spacial score (nSPS) is 18.4. The number of aryl methyl sites for hydroxylation is 2. The molecule has 1 aromatic rings. The van der Waals surface area contributed by atoms with E-state index in [0.717, 1.165) is 18.4 Å². The topological polar surface area (TPSA) is 78.4 Å². The van der Waals surface area contributed by atoms with Gasteiger partial charge in [0.25, 0.3) is 0 Å². The summed E-state index contributed by atoms with van der Waals surface area (Å²) in [5.74, 6) is -0.482. The third kappa shape index (κ3) is 4.08. The van der Waals surface area contributed by atoms with Crippen LogP contribution in [0.3, 0.4) is 0 Å². The van der Waals surface area contributed by atoms with Crippen LogP contribution in [0.5, 0.6) is 0 Å². The summed E-state index contributed by atoms with van der Waals surface area (Å²) in [6.07, 6.45) is 0.799. The van der Waals surface area contributed by atoms with E-state index in [1.54, 1.807) is 11.3 Å². The second-order valence-electron chi connectivity index (χ2n) is 6.10. The highest BCUT2D eigenvalue weighted by Gasteiger charge is 2.34. The molecular weight excluding hydrogens is 300 g/mol. The maximum absolute atomic E-state index is 12.4. The summed E-state index contributed by atoms with van der Waals surface area (Å²) in [7, 11) is 0. The molecule has 1 heterocycles. The Morgan fingerprint density at radius 1 is 1.27 bits per heavy atom. The molecule has 5 nitrogen and oxygen atoms in total. The zero-order valence-electron chi connectivity index (χ0n) is 13.5. The smallest absolute Gasteiger partial charge is 0.245 e. The highest BCUT2D eigenvalue weighted by atomic mass is 32.1. The predicted molar refractivity (Wildman–Crippen MR) is 86.7 cm³/mol. The van der Waals surface area contributed by atoms with Gasteiger partial charge in [-0.15, -0.1) is 11.3 Å². The molecule has 0 aliphatic heterocycles. The number of carbonyl (C=O) groups is 2. The fourth-order valence-electron chi connectivity index (χ4n) is 2.48. The average Bonchev–Trinajstić information content (AvgIpc) is 3.20. The second-order valence-corrected chi connectivity index (χ2v) is 7.56. The van der Waals surface area contributed by atoms with E-state index in [1.807, 2.05) is 20.8 Å². The van der Waals surface area contributed by atoms with Crippen LogP contribution in [0, 0.1) is 19.8 Å². The van der Waals surface area contributed by atoms with Crippen molar-refractivity contribution in [2.24, 2.45) is 5.92 Å². The number of nitrogens with one attached hydrogen (secondary N) is 2. The summed E-state index contributed by atoms with van der Waals surface area (Å²) in [5, 5.41) is 15.3. The molecule has 22 heavy (non-hydrogen) atoms. The van der Waals surface area contributed by atoms with Crippen LogP contribution in [0.4, 0.5) is 0 Å². The maximum Gasteiger partial charge on any atom is 0.245 e. The minimum atomic E-state index is -0.930. The lowest BCUT2D eigenvalue weighted by molar-refractivity contribution is -0.132.